The van der Waals surface area contributed by atoms with Crippen molar-refractivity contribution in [3.05, 3.63) is 35.4 Å². The van der Waals surface area contributed by atoms with E-state index in [1.165, 1.54) is 5.56 Å². The lowest BCUT2D eigenvalue weighted by atomic mass is 9.99. The molecule has 2 heteroatoms. The molecule has 0 aliphatic carbocycles. The lowest BCUT2D eigenvalue weighted by molar-refractivity contribution is 0.0689. The first-order valence-electron chi connectivity index (χ1n) is 5.28. The van der Waals surface area contributed by atoms with Crippen LogP contribution in [0.3, 0.4) is 0 Å². The van der Waals surface area contributed by atoms with Crippen LogP contribution in [0.2, 0.25) is 0 Å². The van der Waals surface area contributed by atoms with Crippen molar-refractivity contribution >= 4 is 6.29 Å². The molecule has 1 aromatic rings. The second-order valence-corrected chi connectivity index (χ2v) is 4.53. The first kappa shape index (κ1) is 11.9. The summed E-state index contributed by atoms with van der Waals surface area (Å²) in [5, 5.41) is 9.53. The highest BCUT2D eigenvalue weighted by Gasteiger charge is 2.11. The van der Waals surface area contributed by atoms with Crippen molar-refractivity contribution in [2.75, 3.05) is 0 Å². The summed E-state index contributed by atoms with van der Waals surface area (Å²) in [5.41, 5.74) is 1.34. The minimum atomic E-state index is -0.581. The predicted octanol–water partition coefficient (Wildman–Crippen LogP) is 2.59. The van der Waals surface area contributed by atoms with E-state index in [0.29, 0.717) is 5.56 Å². The highest BCUT2D eigenvalue weighted by Crippen LogP contribution is 2.13. The monoisotopic (exact) mass is 206 g/mol. The average Bonchev–Trinajstić information content (AvgIpc) is 2.17. The molecule has 0 spiro atoms. The molecule has 0 heterocycles. The van der Waals surface area contributed by atoms with Crippen molar-refractivity contribution in [1.29, 1.82) is 0 Å². The largest absolute Gasteiger partial charge is 0.390 e. The molecule has 0 aliphatic heterocycles. The lowest BCUT2D eigenvalue weighted by Gasteiger charge is -2.16. The van der Waals surface area contributed by atoms with Gasteiger partial charge in [0.1, 0.15) is 6.29 Å². The molecule has 0 amide bonds. The smallest absolute Gasteiger partial charge is 0.150 e. The fourth-order valence-corrected chi connectivity index (χ4v) is 1.49. The molecule has 0 saturated heterocycles. The summed E-state index contributed by atoms with van der Waals surface area (Å²) < 4.78 is 0. The van der Waals surface area contributed by atoms with Crippen LogP contribution in [0.5, 0.6) is 0 Å². The summed E-state index contributed by atoms with van der Waals surface area (Å²) in [6, 6.07) is 7.58. The minimum absolute atomic E-state index is 0.581. The van der Waals surface area contributed by atoms with Gasteiger partial charge >= 0.3 is 0 Å². The van der Waals surface area contributed by atoms with Crippen LogP contribution in [0.1, 0.15) is 42.6 Å². The third kappa shape index (κ3) is 4.75. The molecule has 0 saturated carbocycles. The van der Waals surface area contributed by atoms with Gasteiger partial charge in [-0.1, -0.05) is 24.3 Å². The molecular formula is C13H18O2. The Labute approximate surface area is 90.9 Å². The number of carbonyl (C=O) groups is 1. The highest BCUT2D eigenvalue weighted by molar-refractivity contribution is 5.74. The summed E-state index contributed by atoms with van der Waals surface area (Å²) in [5.74, 6) is 0. The number of hydrogen-bond acceptors (Lipinski definition) is 2. The summed E-state index contributed by atoms with van der Waals surface area (Å²) in [6.45, 7) is 3.64. The second-order valence-electron chi connectivity index (χ2n) is 4.53. The number of aldehydes is 1. The predicted molar refractivity (Wildman–Crippen MR) is 61.1 cm³/mol. The standard InChI is InChI=1S/C13H18O2/c1-13(2,15)9-3-4-11-5-7-12(10-14)8-6-11/h5-8,10,15H,3-4,9H2,1-2H3. The molecule has 0 fully saturated rings. The Morgan fingerprint density at radius 1 is 1.27 bits per heavy atom. The van der Waals surface area contributed by atoms with E-state index in [1.807, 2.05) is 38.1 Å². The maximum Gasteiger partial charge on any atom is 0.150 e. The topological polar surface area (TPSA) is 37.3 Å². The summed E-state index contributed by atoms with van der Waals surface area (Å²) in [7, 11) is 0. The Morgan fingerprint density at radius 3 is 2.33 bits per heavy atom. The van der Waals surface area contributed by atoms with Gasteiger partial charge in [0.2, 0.25) is 0 Å². The van der Waals surface area contributed by atoms with E-state index in [4.69, 9.17) is 0 Å². The number of aliphatic hydroxyl groups is 1. The van der Waals surface area contributed by atoms with Gasteiger partial charge in [-0.05, 0) is 38.7 Å². The van der Waals surface area contributed by atoms with Gasteiger partial charge in [0.05, 0.1) is 5.60 Å². The van der Waals surface area contributed by atoms with Gasteiger partial charge < -0.3 is 5.11 Å². The van der Waals surface area contributed by atoms with Crippen LogP contribution in [-0.4, -0.2) is 17.0 Å². The van der Waals surface area contributed by atoms with Crippen molar-refractivity contribution in [1.82, 2.24) is 0 Å². The molecule has 1 N–H and O–H groups in total. The summed E-state index contributed by atoms with van der Waals surface area (Å²) >= 11 is 0. The van der Waals surface area contributed by atoms with E-state index in [9.17, 15) is 9.90 Å². The first-order chi connectivity index (χ1) is 7.01. The molecule has 0 unspecified atom stereocenters. The van der Waals surface area contributed by atoms with Gasteiger partial charge in [0.15, 0.2) is 0 Å². The minimum Gasteiger partial charge on any atom is -0.390 e. The Bertz CT molecular complexity index is 306. The SMILES string of the molecule is CC(C)(O)CCCc1ccc(C=O)cc1. The van der Waals surface area contributed by atoms with E-state index >= 15 is 0 Å². The number of carbonyl (C=O) groups excluding carboxylic acids is 1. The molecule has 1 aromatic carbocycles. The van der Waals surface area contributed by atoms with E-state index in [-0.39, 0.29) is 0 Å². The quantitative estimate of drug-likeness (QED) is 0.752. The van der Waals surface area contributed by atoms with Crippen LogP contribution in [0.4, 0.5) is 0 Å². The summed E-state index contributed by atoms with van der Waals surface area (Å²) in [6.07, 6.45) is 3.55. The molecule has 0 atom stereocenters. The van der Waals surface area contributed by atoms with Gasteiger partial charge in [-0.2, -0.15) is 0 Å². The molecule has 0 radical (unpaired) electrons. The molecule has 0 aromatic heterocycles. The van der Waals surface area contributed by atoms with Gasteiger partial charge in [-0.3, -0.25) is 4.79 Å². The van der Waals surface area contributed by atoms with Crippen molar-refractivity contribution in [2.45, 2.75) is 38.7 Å². The zero-order valence-corrected chi connectivity index (χ0v) is 9.36. The third-order valence-corrected chi connectivity index (χ3v) is 2.37. The van der Waals surface area contributed by atoms with Crippen LogP contribution in [0, 0.1) is 0 Å². The molecule has 82 valence electrons. The van der Waals surface area contributed by atoms with Crippen molar-refractivity contribution < 1.29 is 9.90 Å². The van der Waals surface area contributed by atoms with Crippen molar-refractivity contribution in [3.8, 4) is 0 Å². The van der Waals surface area contributed by atoms with Crippen molar-refractivity contribution in [2.24, 2.45) is 0 Å². The van der Waals surface area contributed by atoms with Crippen molar-refractivity contribution in [3.63, 3.8) is 0 Å². The van der Waals surface area contributed by atoms with Crippen LogP contribution in [0.25, 0.3) is 0 Å². The van der Waals surface area contributed by atoms with E-state index in [2.05, 4.69) is 0 Å². The highest BCUT2D eigenvalue weighted by atomic mass is 16.3. The van der Waals surface area contributed by atoms with Gasteiger partial charge in [-0.15, -0.1) is 0 Å². The number of rotatable bonds is 5. The third-order valence-electron chi connectivity index (χ3n) is 2.37. The maximum absolute atomic E-state index is 10.4. The zero-order chi connectivity index (χ0) is 11.3. The Morgan fingerprint density at radius 2 is 1.87 bits per heavy atom. The molecule has 0 aliphatic rings. The number of hydrogen-bond donors (Lipinski definition) is 1. The normalized spacial score (nSPS) is 11.4. The molecule has 2 nitrogen and oxygen atoms in total. The molecule has 0 bridgehead atoms. The van der Waals surface area contributed by atoms with Gasteiger partial charge in [0, 0.05) is 5.56 Å². The van der Waals surface area contributed by atoms with Crippen LogP contribution < -0.4 is 0 Å². The Hall–Kier alpha value is -1.15. The van der Waals surface area contributed by atoms with E-state index < -0.39 is 5.60 Å². The molecule has 15 heavy (non-hydrogen) atoms. The maximum atomic E-state index is 10.4. The lowest BCUT2D eigenvalue weighted by Crippen LogP contribution is -2.18. The summed E-state index contributed by atoms with van der Waals surface area (Å²) in [4.78, 5) is 10.4. The average molecular weight is 206 g/mol. The van der Waals surface area contributed by atoms with E-state index in [0.717, 1.165) is 25.5 Å². The Kier molecular flexibility index (Phi) is 4.04. The fraction of sp³-hybridized carbons (Fsp3) is 0.462. The van der Waals surface area contributed by atoms with Crippen LogP contribution >= 0.6 is 0 Å². The number of benzene rings is 1. The zero-order valence-electron chi connectivity index (χ0n) is 9.36. The van der Waals surface area contributed by atoms with Crippen LogP contribution in [0.15, 0.2) is 24.3 Å². The van der Waals surface area contributed by atoms with Gasteiger partial charge in [-0.25, -0.2) is 0 Å². The second kappa shape index (κ2) is 5.08. The Balaban J connectivity index is 2.41. The van der Waals surface area contributed by atoms with Crippen LogP contribution in [-0.2, 0) is 6.42 Å². The number of aryl methyl sites for hydroxylation is 1. The fourth-order valence-electron chi connectivity index (χ4n) is 1.49. The molecule has 1 rings (SSSR count). The van der Waals surface area contributed by atoms with E-state index in [1.54, 1.807) is 0 Å². The van der Waals surface area contributed by atoms with Gasteiger partial charge in [0.25, 0.3) is 0 Å². The first-order valence-corrected chi connectivity index (χ1v) is 5.28. The molecular weight excluding hydrogens is 188 g/mol.